The van der Waals surface area contributed by atoms with E-state index in [-0.39, 0.29) is 5.78 Å². The smallest absolute Gasteiger partial charge is 0.172 e. The van der Waals surface area contributed by atoms with E-state index >= 15 is 0 Å². The predicted molar refractivity (Wildman–Crippen MR) is 90.9 cm³/mol. The van der Waals surface area contributed by atoms with Crippen molar-refractivity contribution in [3.05, 3.63) is 28.8 Å². The van der Waals surface area contributed by atoms with Crippen molar-refractivity contribution in [2.24, 2.45) is 0 Å². The molecule has 1 aromatic carbocycles. The lowest BCUT2D eigenvalue weighted by atomic mass is 10.0. The Hall–Kier alpha value is -0.670. The van der Waals surface area contributed by atoms with Crippen molar-refractivity contribution in [3.8, 4) is 5.75 Å². The standard InChI is InChI=1S/C17H23ClO2S/c1-2-10-20-17-9-8-13(11-15(17)18)16(19)12-21-14-6-4-3-5-7-14/h8-9,11,14H,2-7,10,12H2,1H3. The van der Waals surface area contributed by atoms with Crippen LogP contribution in [0.3, 0.4) is 0 Å². The lowest BCUT2D eigenvalue weighted by Crippen LogP contribution is -2.12. The number of ether oxygens (including phenoxy) is 1. The lowest BCUT2D eigenvalue weighted by Gasteiger charge is -2.20. The topological polar surface area (TPSA) is 26.3 Å². The van der Waals surface area contributed by atoms with Crippen molar-refractivity contribution >= 4 is 29.1 Å². The van der Waals surface area contributed by atoms with E-state index in [1.807, 2.05) is 13.0 Å². The molecule has 4 heteroatoms. The Morgan fingerprint density at radius 1 is 1.33 bits per heavy atom. The van der Waals surface area contributed by atoms with Gasteiger partial charge in [0, 0.05) is 10.8 Å². The van der Waals surface area contributed by atoms with Gasteiger partial charge in [0.1, 0.15) is 5.75 Å². The zero-order valence-corrected chi connectivity index (χ0v) is 14.1. The quantitative estimate of drug-likeness (QED) is 0.629. The Balaban J connectivity index is 1.88. The second-order valence-electron chi connectivity index (χ2n) is 5.49. The first-order valence-electron chi connectivity index (χ1n) is 7.78. The van der Waals surface area contributed by atoms with Crippen molar-refractivity contribution in [2.45, 2.75) is 50.7 Å². The van der Waals surface area contributed by atoms with E-state index in [1.54, 1.807) is 23.9 Å². The molecular formula is C17H23ClO2S. The molecule has 0 saturated heterocycles. The maximum absolute atomic E-state index is 12.2. The summed E-state index contributed by atoms with van der Waals surface area (Å²) in [5.74, 6) is 1.38. The van der Waals surface area contributed by atoms with Crippen LogP contribution in [0.5, 0.6) is 5.75 Å². The highest BCUT2D eigenvalue weighted by Gasteiger charge is 2.16. The number of ketones is 1. The van der Waals surface area contributed by atoms with Crippen LogP contribution in [0, 0.1) is 0 Å². The fraction of sp³-hybridized carbons (Fsp3) is 0.588. The first-order valence-corrected chi connectivity index (χ1v) is 9.20. The number of hydrogen-bond acceptors (Lipinski definition) is 3. The SMILES string of the molecule is CCCOc1ccc(C(=O)CSC2CCCCC2)cc1Cl. The molecule has 2 nitrogen and oxygen atoms in total. The molecule has 0 heterocycles. The van der Waals surface area contributed by atoms with Crippen LogP contribution < -0.4 is 4.74 Å². The molecule has 0 radical (unpaired) electrons. The molecule has 0 aliphatic heterocycles. The summed E-state index contributed by atoms with van der Waals surface area (Å²) in [5, 5.41) is 1.18. The Morgan fingerprint density at radius 2 is 2.10 bits per heavy atom. The van der Waals surface area contributed by atoms with Gasteiger partial charge in [-0.1, -0.05) is 37.8 Å². The summed E-state index contributed by atoms with van der Waals surface area (Å²) in [7, 11) is 0. The summed E-state index contributed by atoms with van der Waals surface area (Å²) in [6, 6.07) is 5.35. The van der Waals surface area contributed by atoms with Gasteiger partial charge in [-0.2, -0.15) is 11.8 Å². The van der Waals surface area contributed by atoms with Crippen molar-refractivity contribution in [3.63, 3.8) is 0 Å². The first kappa shape index (κ1) is 16.7. The zero-order valence-electron chi connectivity index (χ0n) is 12.6. The van der Waals surface area contributed by atoms with Gasteiger partial charge in [-0.05, 0) is 37.5 Å². The molecule has 1 saturated carbocycles. The molecule has 1 aromatic rings. The summed E-state index contributed by atoms with van der Waals surface area (Å²) in [6.07, 6.45) is 7.40. The van der Waals surface area contributed by atoms with E-state index in [9.17, 15) is 4.79 Å². The second-order valence-corrected chi connectivity index (χ2v) is 7.18. The van der Waals surface area contributed by atoms with Crippen LogP contribution >= 0.6 is 23.4 Å². The number of Topliss-reactive ketones (excluding diaryl/α,β-unsaturated/α-hetero) is 1. The van der Waals surface area contributed by atoms with Crippen LogP contribution in [-0.2, 0) is 0 Å². The van der Waals surface area contributed by atoms with Crippen LogP contribution in [0.25, 0.3) is 0 Å². The van der Waals surface area contributed by atoms with E-state index in [2.05, 4.69) is 0 Å². The van der Waals surface area contributed by atoms with Gasteiger partial charge in [-0.25, -0.2) is 0 Å². The van der Waals surface area contributed by atoms with Crippen LogP contribution in [0.2, 0.25) is 5.02 Å². The van der Waals surface area contributed by atoms with Gasteiger partial charge in [0.05, 0.1) is 17.4 Å². The maximum Gasteiger partial charge on any atom is 0.172 e. The number of thioether (sulfide) groups is 1. The number of carbonyl (C=O) groups excluding carboxylic acids is 1. The average molecular weight is 327 g/mol. The molecule has 0 bridgehead atoms. The van der Waals surface area contributed by atoms with Crippen LogP contribution in [0.1, 0.15) is 55.8 Å². The molecule has 116 valence electrons. The Labute approximate surface area is 136 Å². The highest BCUT2D eigenvalue weighted by molar-refractivity contribution is 8.00. The van der Waals surface area contributed by atoms with Gasteiger partial charge >= 0.3 is 0 Å². The monoisotopic (exact) mass is 326 g/mol. The van der Waals surface area contributed by atoms with E-state index in [4.69, 9.17) is 16.3 Å². The molecule has 2 rings (SSSR count). The van der Waals surface area contributed by atoms with Crippen molar-refractivity contribution < 1.29 is 9.53 Å². The third-order valence-corrected chi connectivity index (χ3v) is 5.38. The Kier molecular flexibility index (Phi) is 6.91. The Bertz CT molecular complexity index is 470. The minimum absolute atomic E-state index is 0.162. The molecule has 0 unspecified atom stereocenters. The number of benzene rings is 1. The lowest BCUT2D eigenvalue weighted by molar-refractivity contribution is 0.102. The molecule has 0 atom stereocenters. The normalized spacial score (nSPS) is 15.9. The van der Waals surface area contributed by atoms with Gasteiger partial charge in [-0.15, -0.1) is 0 Å². The molecule has 0 spiro atoms. The van der Waals surface area contributed by atoms with Crippen LogP contribution in [0.4, 0.5) is 0 Å². The number of hydrogen-bond donors (Lipinski definition) is 0. The zero-order chi connectivity index (χ0) is 15.1. The Morgan fingerprint density at radius 3 is 2.76 bits per heavy atom. The third kappa shape index (κ3) is 5.23. The van der Waals surface area contributed by atoms with Gasteiger partial charge in [0.2, 0.25) is 0 Å². The van der Waals surface area contributed by atoms with Gasteiger partial charge in [0.25, 0.3) is 0 Å². The molecule has 21 heavy (non-hydrogen) atoms. The fourth-order valence-corrected chi connectivity index (χ4v) is 3.97. The summed E-state index contributed by atoms with van der Waals surface area (Å²) in [6.45, 7) is 2.69. The molecule has 1 aliphatic rings. The average Bonchev–Trinajstić information content (AvgIpc) is 2.52. The summed E-state index contributed by atoms with van der Waals surface area (Å²) in [5.41, 5.74) is 0.687. The third-order valence-electron chi connectivity index (χ3n) is 3.72. The van der Waals surface area contributed by atoms with Gasteiger partial charge in [0.15, 0.2) is 5.78 Å². The number of halogens is 1. The van der Waals surface area contributed by atoms with Crippen LogP contribution in [0.15, 0.2) is 18.2 Å². The largest absolute Gasteiger partial charge is 0.492 e. The summed E-state index contributed by atoms with van der Waals surface area (Å²) >= 11 is 7.97. The maximum atomic E-state index is 12.2. The van der Waals surface area contributed by atoms with E-state index < -0.39 is 0 Å². The van der Waals surface area contributed by atoms with Gasteiger partial charge < -0.3 is 4.74 Å². The molecular weight excluding hydrogens is 304 g/mol. The predicted octanol–water partition coefficient (Wildman–Crippen LogP) is 5.38. The molecule has 0 aromatic heterocycles. The molecule has 1 fully saturated rings. The summed E-state index contributed by atoms with van der Waals surface area (Å²) in [4.78, 5) is 12.2. The number of carbonyl (C=O) groups is 1. The van der Waals surface area contributed by atoms with Crippen molar-refractivity contribution in [1.82, 2.24) is 0 Å². The van der Waals surface area contributed by atoms with Gasteiger partial charge in [-0.3, -0.25) is 4.79 Å². The molecule has 1 aliphatic carbocycles. The van der Waals surface area contributed by atoms with Crippen molar-refractivity contribution in [2.75, 3.05) is 12.4 Å². The minimum Gasteiger partial charge on any atom is -0.492 e. The molecule has 0 N–H and O–H groups in total. The fourth-order valence-electron chi connectivity index (χ4n) is 2.51. The molecule has 0 amide bonds. The highest BCUT2D eigenvalue weighted by Crippen LogP contribution is 2.30. The summed E-state index contributed by atoms with van der Waals surface area (Å²) < 4.78 is 5.53. The van der Waals surface area contributed by atoms with E-state index in [0.29, 0.717) is 33.9 Å². The number of rotatable bonds is 7. The van der Waals surface area contributed by atoms with Crippen LogP contribution in [-0.4, -0.2) is 23.4 Å². The highest BCUT2D eigenvalue weighted by atomic mass is 35.5. The minimum atomic E-state index is 0.162. The van der Waals surface area contributed by atoms with E-state index in [0.717, 1.165) is 6.42 Å². The first-order chi connectivity index (χ1) is 10.2. The second kappa shape index (κ2) is 8.70. The van der Waals surface area contributed by atoms with E-state index in [1.165, 1.54) is 32.1 Å². The van der Waals surface area contributed by atoms with Crippen molar-refractivity contribution in [1.29, 1.82) is 0 Å².